The van der Waals surface area contributed by atoms with Gasteiger partial charge in [0.25, 0.3) is 0 Å². The number of hydrogen-bond donors (Lipinski definition) is 0. The van der Waals surface area contributed by atoms with Crippen molar-refractivity contribution in [2.75, 3.05) is 20.1 Å². The Morgan fingerprint density at radius 1 is 1.36 bits per heavy atom. The normalized spacial score (nSPS) is 12.0. The predicted octanol–water partition coefficient (Wildman–Crippen LogP) is 1.24. The van der Waals surface area contributed by atoms with E-state index in [2.05, 4.69) is 0 Å². The van der Waals surface area contributed by atoms with Crippen LogP contribution in [0.25, 0.3) is 0 Å². The van der Waals surface area contributed by atoms with Crippen molar-refractivity contribution in [1.82, 2.24) is 0 Å². The molecule has 0 bridgehead atoms. The summed E-state index contributed by atoms with van der Waals surface area (Å²) in [5, 5.41) is 0. The first-order valence-electron chi connectivity index (χ1n) is 3.96. The third-order valence-corrected chi connectivity index (χ3v) is 3.75. The molecule has 0 aromatic carbocycles. The lowest BCUT2D eigenvalue weighted by atomic mass is 10.6. The second-order valence-corrected chi connectivity index (χ2v) is 4.81. The van der Waals surface area contributed by atoms with Gasteiger partial charge in [-0.05, 0) is 12.5 Å². The summed E-state index contributed by atoms with van der Waals surface area (Å²) < 4.78 is 10.1. The van der Waals surface area contributed by atoms with E-state index in [4.69, 9.17) is 21.1 Å². The van der Waals surface area contributed by atoms with E-state index in [0.717, 1.165) is 18.3 Å². The number of methoxy groups -OCH3 is 2. The smallest absolute Gasteiger partial charge is 0.153 e. The molecule has 0 rings (SSSR count). The molecule has 68 valence electrons. The SMILES string of the molecule is COC(C[SiH2]CCCCl)OC. The Kier molecular flexibility index (Phi) is 8.85. The second kappa shape index (κ2) is 8.52. The third-order valence-electron chi connectivity index (χ3n) is 1.60. The molecule has 0 saturated carbocycles. The molecule has 0 unspecified atom stereocenters. The molecule has 0 N–H and O–H groups in total. The Morgan fingerprint density at radius 2 is 2.00 bits per heavy atom. The molecule has 0 atom stereocenters. The van der Waals surface area contributed by atoms with Crippen LogP contribution in [0.1, 0.15) is 6.42 Å². The summed E-state index contributed by atoms with van der Waals surface area (Å²) in [5.41, 5.74) is 0. The molecule has 0 radical (unpaired) electrons. The van der Waals surface area contributed by atoms with Crippen molar-refractivity contribution in [3.8, 4) is 0 Å². The minimum atomic E-state index is -0.00355. The first-order valence-corrected chi connectivity index (χ1v) is 6.50. The summed E-state index contributed by atoms with van der Waals surface area (Å²) in [7, 11) is 3.37. The summed E-state index contributed by atoms with van der Waals surface area (Å²) >= 11 is 5.54. The molecule has 0 saturated heterocycles. The quantitative estimate of drug-likeness (QED) is 0.264. The molecule has 0 fully saturated rings. The van der Waals surface area contributed by atoms with Gasteiger partial charge in [-0.1, -0.05) is 6.04 Å². The van der Waals surface area contributed by atoms with E-state index in [1.165, 1.54) is 6.04 Å². The molecule has 0 aliphatic rings. The zero-order chi connectivity index (χ0) is 8.53. The summed E-state index contributed by atoms with van der Waals surface area (Å²) in [6.07, 6.45) is 1.17. The summed E-state index contributed by atoms with van der Waals surface area (Å²) in [5.74, 6) is 0.789. The highest BCUT2D eigenvalue weighted by atomic mass is 35.5. The number of ether oxygens (including phenoxy) is 2. The van der Waals surface area contributed by atoms with Crippen molar-refractivity contribution in [1.29, 1.82) is 0 Å². The maximum Gasteiger partial charge on any atom is 0.153 e. The molecule has 0 heterocycles. The largest absolute Gasteiger partial charge is 0.356 e. The van der Waals surface area contributed by atoms with Gasteiger partial charge in [0.1, 0.15) is 0 Å². The average Bonchev–Trinajstić information content (AvgIpc) is 2.05. The highest BCUT2D eigenvalue weighted by Crippen LogP contribution is 2.01. The highest BCUT2D eigenvalue weighted by molar-refractivity contribution is 6.35. The summed E-state index contributed by atoms with van der Waals surface area (Å²) in [6.45, 7) is 0. The van der Waals surface area contributed by atoms with Crippen LogP contribution in [0.5, 0.6) is 0 Å². The third kappa shape index (κ3) is 6.81. The van der Waals surface area contributed by atoms with Crippen molar-refractivity contribution >= 4 is 21.1 Å². The van der Waals surface area contributed by atoms with Gasteiger partial charge in [-0.2, -0.15) is 0 Å². The van der Waals surface area contributed by atoms with E-state index >= 15 is 0 Å². The van der Waals surface area contributed by atoms with E-state index in [1.807, 2.05) is 0 Å². The lowest BCUT2D eigenvalue weighted by Crippen LogP contribution is -2.14. The molecule has 0 amide bonds. The molecule has 0 aliphatic carbocycles. The van der Waals surface area contributed by atoms with Crippen molar-refractivity contribution in [2.45, 2.75) is 24.8 Å². The Hall–Kier alpha value is 0.427. The molecule has 2 nitrogen and oxygen atoms in total. The molecule has 0 aromatic heterocycles. The average molecular weight is 197 g/mol. The fraction of sp³-hybridized carbons (Fsp3) is 1.00. The Morgan fingerprint density at radius 3 is 2.45 bits per heavy atom. The first kappa shape index (κ1) is 11.4. The molecule has 4 heteroatoms. The molecule has 11 heavy (non-hydrogen) atoms. The zero-order valence-corrected chi connectivity index (χ0v) is 9.48. The standard InChI is InChI=1S/C7H17ClO2Si/c1-9-7(10-2)6-11-5-3-4-8/h7H,3-6,11H2,1-2H3. The highest BCUT2D eigenvalue weighted by Gasteiger charge is 2.03. The van der Waals surface area contributed by atoms with Gasteiger partial charge in [0.05, 0.1) is 0 Å². The monoisotopic (exact) mass is 196 g/mol. The van der Waals surface area contributed by atoms with Crippen LogP contribution in [0.4, 0.5) is 0 Å². The van der Waals surface area contributed by atoms with E-state index < -0.39 is 0 Å². The van der Waals surface area contributed by atoms with Gasteiger partial charge in [-0.15, -0.1) is 11.6 Å². The van der Waals surface area contributed by atoms with Crippen LogP contribution in [-0.2, 0) is 9.47 Å². The van der Waals surface area contributed by atoms with E-state index in [-0.39, 0.29) is 15.8 Å². The van der Waals surface area contributed by atoms with Crippen LogP contribution in [0.15, 0.2) is 0 Å². The van der Waals surface area contributed by atoms with Crippen LogP contribution in [-0.4, -0.2) is 35.9 Å². The van der Waals surface area contributed by atoms with Gasteiger partial charge in [0.2, 0.25) is 0 Å². The Bertz CT molecular complexity index is 78.8. The fourth-order valence-electron chi connectivity index (χ4n) is 0.914. The topological polar surface area (TPSA) is 18.5 Å². The summed E-state index contributed by atoms with van der Waals surface area (Å²) in [4.78, 5) is 0. The van der Waals surface area contributed by atoms with Gasteiger partial charge < -0.3 is 9.47 Å². The van der Waals surface area contributed by atoms with Crippen LogP contribution in [0, 0.1) is 0 Å². The predicted molar refractivity (Wildman–Crippen MR) is 51.3 cm³/mol. The van der Waals surface area contributed by atoms with Gasteiger partial charge in [-0.3, -0.25) is 0 Å². The van der Waals surface area contributed by atoms with Gasteiger partial charge in [0, 0.05) is 29.6 Å². The number of rotatable bonds is 7. The Labute approximate surface area is 76.0 Å². The van der Waals surface area contributed by atoms with E-state index in [9.17, 15) is 0 Å². The maximum absolute atomic E-state index is 5.54. The second-order valence-electron chi connectivity index (χ2n) is 2.44. The summed E-state index contributed by atoms with van der Waals surface area (Å²) in [6, 6.07) is 2.40. The maximum atomic E-state index is 5.54. The molecular formula is C7H17ClO2Si. The number of hydrogen-bond acceptors (Lipinski definition) is 2. The molecule has 0 aliphatic heterocycles. The minimum absolute atomic E-state index is 0.00355. The number of halogens is 1. The van der Waals surface area contributed by atoms with Gasteiger partial charge in [-0.25, -0.2) is 0 Å². The van der Waals surface area contributed by atoms with Crippen molar-refractivity contribution in [3.05, 3.63) is 0 Å². The van der Waals surface area contributed by atoms with Crippen LogP contribution in [0.2, 0.25) is 12.1 Å². The lowest BCUT2D eigenvalue weighted by Gasteiger charge is -2.11. The van der Waals surface area contributed by atoms with Gasteiger partial charge >= 0.3 is 0 Å². The lowest BCUT2D eigenvalue weighted by molar-refractivity contribution is -0.0876. The minimum Gasteiger partial charge on any atom is -0.356 e. The first-order chi connectivity index (χ1) is 5.35. The van der Waals surface area contributed by atoms with Gasteiger partial charge in [0.15, 0.2) is 6.29 Å². The molecule has 0 spiro atoms. The van der Waals surface area contributed by atoms with Crippen molar-refractivity contribution < 1.29 is 9.47 Å². The van der Waals surface area contributed by atoms with E-state index in [1.54, 1.807) is 14.2 Å². The Balaban J connectivity index is 3.07. The molecule has 0 aromatic rings. The zero-order valence-electron chi connectivity index (χ0n) is 7.31. The molecular weight excluding hydrogens is 180 g/mol. The van der Waals surface area contributed by atoms with Crippen molar-refractivity contribution in [2.24, 2.45) is 0 Å². The van der Waals surface area contributed by atoms with Crippen LogP contribution in [0.3, 0.4) is 0 Å². The number of alkyl halides is 1. The van der Waals surface area contributed by atoms with Crippen molar-refractivity contribution in [3.63, 3.8) is 0 Å². The van der Waals surface area contributed by atoms with Crippen LogP contribution >= 0.6 is 11.6 Å². The fourth-order valence-corrected chi connectivity index (χ4v) is 3.12. The van der Waals surface area contributed by atoms with E-state index in [0.29, 0.717) is 0 Å². The van der Waals surface area contributed by atoms with Crippen LogP contribution < -0.4 is 0 Å².